The molecule has 0 saturated heterocycles. The topological polar surface area (TPSA) is 55.1 Å². The van der Waals surface area contributed by atoms with Gasteiger partial charge in [0, 0.05) is 12.1 Å². The Hall–Kier alpha value is -1.52. The Kier molecular flexibility index (Phi) is 4.83. The lowest BCUT2D eigenvalue weighted by molar-refractivity contribution is 0.0938. The van der Waals surface area contributed by atoms with Crippen molar-refractivity contribution in [3.8, 4) is 11.3 Å². The standard InChI is InChI=1S/C16H18Cl2N2O2/c1-9-12(15(21)19-8-16(2,3)4)14(20-22-9)13-10(17)6-5-7-11(13)18/h5-7H,8H2,1-4H3,(H,19,21). The second-order valence-electron chi connectivity index (χ2n) is 6.30. The summed E-state index contributed by atoms with van der Waals surface area (Å²) in [6, 6.07) is 5.13. The van der Waals surface area contributed by atoms with Crippen LogP contribution in [-0.2, 0) is 0 Å². The van der Waals surface area contributed by atoms with Gasteiger partial charge in [-0.2, -0.15) is 0 Å². The molecular weight excluding hydrogens is 323 g/mol. The summed E-state index contributed by atoms with van der Waals surface area (Å²) in [5, 5.41) is 7.70. The van der Waals surface area contributed by atoms with Gasteiger partial charge in [-0.1, -0.05) is 55.2 Å². The van der Waals surface area contributed by atoms with E-state index in [4.69, 9.17) is 27.7 Å². The molecule has 2 rings (SSSR count). The van der Waals surface area contributed by atoms with Crippen LogP contribution in [0.25, 0.3) is 11.3 Å². The number of amides is 1. The molecule has 2 aromatic rings. The summed E-state index contributed by atoms with van der Waals surface area (Å²) in [5.41, 5.74) is 1.20. The van der Waals surface area contributed by atoms with E-state index >= 15 is 0 Å². The first-order chi connectivity index (χ1) is 10.2. The Morgan fingerprint density at radius 2 is 1.86 bits per heavy atom. The van der Waals surface area contributed by atoms with Crippen LogP contribution >= 0.6 is 23.2 Å². The fourth-order valence-electron chi connectivity index (χ4n) is 1.97. The first-order valence-corrected chi connectivity index (χ1v) is 7.65. The largest absolute Gasteiger partial charge is 0.360 e. The average Bonchev–Trinajstić information content (AvgIpc) is 2.77. The van der Waals surface area contributed by atoms with Gasteiger partial charge < -0.3 is 9.84 Å². The summed E-state index contributed by atoms with van der Waals surface area (Å²) in [4.78, 5) is 12.5. The SMILES string of the molecule is Cc1onc(-c2c(Cl)cccc2Cl)c1C(=O)NCC(C)(C)C. The highest BCUT2D eigenvalue weighted by Crippen LogP contribution is 2.36. The number of benzene rings is 1. The van der Waals surface area contributed by atoms with Gasteiger partial charge in [0.1, 0.15) is 17.0 Å². The van der Waals surface area contributed by atoms with Gasteiger partial charge in [-0.25, -0.2) is 0 Å². The lowest BCUT2D eigenvalue weighted by Gasteiger charge is -2.18. The van der Waals surface area contributed by atoms with E-state index in [0.29, 0.717) is 39.2 Å². The second kappa shape index (κ2) is 6.31. The van der Waals surface area contributed by atoms with E-state index in [0.717, 1.165) is 0 Å². The first-order valence-electron chi connectivity index (χ1n) is 6.89. The highest BCUT2D eigenvalue weighted by atomic mass is 35.5. The lowest BCUT2D eigenvalue weighted by Crippen LogP contribution is -2.32. The third kappa shape index (κ3) is 3.62. The van der Waals surface area contributed by atoms with Gasteiger partial charge in [-0.05, 0) is 24.5 Å². The van der Waals surface area contributed by atoms with Crippen LogP contribution in [0.5, 0.6) is 0 Å². The zero-order chi connectivity index (χ0) is 16.5. The normalized spacial score (nSPS) is 11.5. The molecule has 1 aromatic carbocycles. The Morgan fingerprint density at radius 3 is 2.41 bits per heavy atom. The smallest absolute Gasteiger partial charge is 0.257 e. The predicted molar refractivity (Wildman–Crippen MR) is 88.5 cm³/mol. The number of hydrogen-bond acceptors (Lipinski definition) is 3. The minimum Gasteiger partial charge on any atom is -0.360 e. The summed E-state index contributed by atoms with van der Waals surface area (Å²) in [5.74, 6) is 0.178. The molecule has 0 aliphatic heterocycles. The van der Waals surface area contributed by atoms with E-state index in [2.05, 4.69) is 10.5 Å². The predicted octanol–water partition coefficient (Wildman–Crippen LogP) is 4.73. The van der Waals surface area contributed by atoms with Crippen LogP contribution in [0.4, 0.5) is 0 Å². The molecule has 4 nitrogen and oxygen atoms in total. The molecule has 1 N–H and O–H groups in total. The molecule has 0 aliphatic rings. The van der Waals surface area contributed by atoms with Gasteiger partial charge in [0.15, 0.2) is 0 Å². The van der Waals surface area contributed by atoms with Crippen molar-refractivity contribution in [1.29, 1.82) is 0 Å². The van der Waals surface area contributed by atoms with Gasteiger partial charge in [-0.15, -0.1) is 0 Å². The van der Waals surface area contributed by atoms with Crippen LogP contribution < -0.4 is 5.32 Å². The second-order valence-corrected chi connectivity index (χ2v) is 7.12. The Balaban J connectivity index is 2.43. The number of carbonyl (C=O) groups is 1. The van der Waals surface area contributed by atoms with Gasteiger partial charge >= 0.3 is 0 Å². The Labute approximate surface area is 139 Å². The number of halogens is 2. The minimum atomic E-state index is -0.250. The summed E-state index contributed by atoms with van der Waals surface area (Å²) in [6.45, 7) is 8.35. The fourth-order valence-corrected chi connectivity index (χ4v) is 2.54. The maximum absolute atomic E-state index is 12.5. The molecule has 1 heterocycles. The summed E-state index contributed by atoms with van der Waals surface area (Å²) in [6.07, 6.45) is 0. The van der Waals surface area contributed by atoms with Crippen molar-refractivity contribution in [3.05, 3.63) is 39.6 Å². The number of aromatic nitrogens is 1. The van der Waals surface area contributed by atoms with Crippen LogP contribution in [0.1, 0.15) is 36.9 Å². The monoisotopic (exact) mass is 340 g/mol. The maximum Gasteiger partial charge on any atom is 0.257 e. The van der Waals surface area contributed by atoms with Crippen molar-refractivity contribution in [1.82, 2.24) is 10.5 Å². The van der Waals surface area contributed by atoms with Crippen molar-refractivity contribution in [2.75, 3.05) is 6.54 Å². The van der Waals surface area contributed by atoms with E-state index in [1.54, 1.807) is 25.1 Å². The van der Waals surface area contributed by atoms with Crippen LogP contribution in [0.15, 0.2) is 22.7 Å². The lowest BCUT2D eigenvalue weighted by atomic mass is 9.96. The molecule has 0 spiro atoms. The molecule has 1 aromatic heterocycles. The van der Waals surface area contributed by atoms with Crippen molar-refractivity contribution in [3.63, 3.8) is 0 Å². The molecule has 0 aliphatic carbocycles. The van der Waals surface area contributed by atoms with Crippen molar-refractivity contribution in [2.45, 2.75) is 27.7 Å². The number of aryl methyl sites for hydroxylation is 1. The van der Waals surface area contributed by atoms with E-state index in [1.165, 1.54) is 0 Å². The number of rotatable bonds is 3. The number of carbonyl (C=O) groups excluding carboxylic acids is 1. The average molecular weight is 341 g/mol. The minimum absolute atomic E-state index is 0.0249. The zero-order valence-electron chi connectivity index (χ0n) is 13.0. The third-order valence-electron chi connectivity index (χ3n) is 3.07. The van der Waals surface area contributed by atoms with Crippen molar-refractivity contribution >= 4 is 29.1 Å². The van der Waals surface area contributed by atoms with Crippen molar-refractivity contribution in [2.24, 2.45) is 5.41 Å². The molecule has 22 heavy (non-hydrogen) atoms. The van der Waals surface area contributed by atoms with Gasteiger partial charge in [-0.3, -0.25) is 4.79 Å². The van der Waals surface area contributed by atoms with Gasteiger partial charge in [0.25, 0.3) is 5.91 Å². The molecule has 118 valence electrons. The Morgan fingerprint density at radius 1 is 1.27 bits per heavy atom. The summed E-state index contributed by atoms with van der Waals surface area (Å²) < 4.78 is 5.19. The molecule has 1 amide bonds. The number of hydrogen-bond donors (Lipinski definition) is 1. The van der Waals surface area contributed by atoms with Crippen LogP contribution in [0, 0.1) is 12.3 Å². The molecule has 0 bridgehead atoms. The van der Waals surface area contributed by atoms with Crippen LogP contribution in [0.2, 0.25) is 10.0 Å². The third-order valence-corrected chi connectivity index (χ3v) is 3.70. The zero-order valence-corrected chi connectivity index (χ0v) is 14.5. The summed E-state index contributed by atoms with van der Waals surface area (Å²) in [7, 11) is 0. The molecule has 0 fully saturated rings. The first kappa shape index (κ1) is 16.8. The highest BCUT2D eigenvalue weighted by molar-refractivity contribution is 6.39. The van der Waals surface area contributed by atoms with E-state index in [9.17, 15) is 4.79 Å². The molecule has 0 atom stereocenters. The van der Waals surface area contributed by atoms with Crippen LogP contribution in [-0.4, -0.2) is 17.6 Å². The van der Waals surface area contributed by atoms with Crippen molar-refractivity contribution < 1.29 is 9.32 Å². The van der Waals surface area contributed by atoms with Crippen LogP contribution in [0.3, 0.4) is 0 Å². The van der Waals surface area contributed by atoms with Gasteiger partial charge in [0.05, 0.1) is 10.0 Å². The highest BCUT2D eigenvalue weighted by Gasteiger charge is 2.25. The van der Waals surface area contributed by atoms with E-state index in [1.807, 2.05) is 20.8 Å². The quantitative estimate of drug-likeness (QED) is 0.878. The molecule has 0 saturated carbocycles. The molecule has 0 unspecified atom stereocenters. The summed E-state index contributed by atoms with van der Waals surface area (Å²) >= 11 is 12.4. The maximum atomic E-state index is 12.5. The molecule has 0 radical (unpaired) electrons. The molecule has 6 heteroatoms. The number of nitrogens with one attached hydrogen (secondary N) is 1. The van der Waals surface area contributed by atoms with Gasteiger partial charge in [0.2, 0.25) is 0 Å². The van der Waals surface area contributed by atoms with E-state index in [-0.39, 0.29) is 11.3 Å². The number of nitrogens with zero attached hydrogens (tertiary/aromatic N) is 1. The fraction of sp³-hybridized carbons (Fsp3) is 0.375. The van der Waals surface area contributed by atoms with E-state index < -0.39 is 0 Å². The Bertz CT molecular complexity index is 682. The molecular formula is C16H18Cl2N2O2.